The number of hydrogen-bond acceptors (Lipinski definition) is 8. The molecule has 2 aromatic carbocycles. The van der Waals surface area contributed by atoms with Crippen molar-refractivity contribution in [1.29, 1.82) is 0 Å². The van der Waals surface area contributed by atoms with Crippen molar-refractivity contribution in [2.75, 3.05) is 38.7 Å². The van der Waals surface area contributed by atoms with Gasteiger partial charge in [-0.1, -0.05) is 17.7 Å². The Balaban J connectivity index is 2.08. The summed E-state index contributed by atoms with van der Waals surface area (Å²) < 4.78 is 42.9. The maximum absolute atomic E-state index is 12.9. The molecule has 0 atom stereocenters. The molecule has 0 aliphatic rings. The number of ether oxygens (including phenoxy) is 3. The van der Waals surface area contributed by atoms with Gasteiger partial charge in [0.05, 0.1) is 19.3 Å². The molecule has 0 radical (unpaired) electrons. The van der Waals surface area contributed by atoms with Gasteiger partial charge in [-0.2, -0.15) is 0 Å². The highest BCUT2D eigenvalue weighted by atomic mass is 32.2. The molecule has 0 spiro atoms. The van der Waals surface area contributed by atoms with Gasteiger partial charge in [0.15, 0.2) is 6.61 Å². The van der Waals surface area contributed by atoms with Gasteiger partial charge < -0.3 is 19.5 Å². The number of carbonyl (C=O) groups excluding carboxylic acids is 3. The number of esters is 1. The van der Waals surface area contributed by atoms with Gasteiger partial charge in [-0.05, 0) is 37.3 Å². The van der Waals surface area contributed by atoms with E-state index in [9.17, 15) is 22.8 Å². The fourth-order valence-electron chi connectivity index (χ4n) is 2.53. The van der Waals surface area contributed by atoms with Gasteiger partial charge in [-0.3, -0.25) is 14.8 Å². The van der Waals surface area contributed by atoms with Crippen molar-refractivity contribution in [2.45, 2.75) is 11.8 Å². The van der Waals surface area contributed by atoms with Crippen LogP contribution in [0.5, 0.6) is 5.75 Å². The second-order valence-corrected chi connectivity index (χ2v) is 8.36. The standard InChI is InChI=1S/C21H25N3O8S/c1-14-4-7-16(8-5-14)24-33(28,29)18-12-15(6-9-17(18)31-3)20(26)32-13-19(25)23-21(27)22-10-11-30-2/h4-9,12,24H,10-11,13H2,1-3H3,(H2,22,23,25,27). The van der Waals surface area contributed by atoms with E-state index in [1.165, 1.54) is 26.4 Å². The van der Waals surface area contributed by atoms with Crippen LogP contribution in [0.1, 0.15) is 15.9 Å². The predicted octanol–water partition coefficient (Wildman–Crippen LogP) is 1.43. The predicted molar refractivity (Wildman–Crippen MR) is 119 cm³/mol. The summed E-state index contributed by atoms with van der Waals surface area (Å²) in [6.07, 6.45) is 0. The molecule has 12 heteroatoms. The Bertz CT molecular complexity index is 1100. The maximum Gasteiger partial charge on any atom is 0.338 e. The van der Waals surface area contributed by atoms with Crippen LogP contribution < -0.4 is 20.1 Å². The summed E-state index contributed by atoms with van der Waals surface area (Å²) in [4.78, 5) is 35.3. The number of carbonyl (C=O) groups is 3. The van der Waals surface area contributed by atoms with Crippen molar-refractivity contribution >= 4 is 33.6 Å². The zero-order valence-corrected chi connectivity index (χ0v) is 19.2. The molecule has 2 aromatic rings. The lowest BCUT2D eigenvalue weighted by molar-refractivity contribution is -0.123. The Kier molecular flexibility index (Phi) is 9.18. The second kappa shape index (κ2) is 11.8. The van der Waals surface area contributed by atoms with Gasteiger partial charge in [0.1, 0.15) is 10.6 Å². The highest BCUT2D eigenvalue weighted by Crippen LogP contribution is 2.27. The Hall–Kier alpha value is -3.64. The van der Waals surface area contributed by atoms with Gasteiger partial charge in [-0.15, -0.1) is 0 Å². The summed E-state index contributed by atoms with van der Waals surface area (Å²) in [5, 5.41) is 4.35. The fraction of sp³-hybridized carbons (Fsp3) is 0.286. The number of sulfonamides is 1. The van der Waals surface area contributed by atoms with Crippen LogP contribution in [-0.2, 0) is 24.3 Å². The molecule has 0 saturated heterocycles. The third kappa shape index (κ3) is 7.77. The van der Waals surface area contributed by atoms with Gasteiger partial charge in [0.25, 0.3) is 15.9 Å². The molecule has 3 N–H and O–H groups in total. The Morgan fingerprint density at radius 1 is 1.00 bits per heavy atom. The van der Waals surface area contributed by atoms with Crippen molar-refractivity contribution in [1.82, 2.24) is 10.6 Å². The first kappa shape index (κ1) is 25.6. The number of methoxy groups -OCH3 is 2. The van der Waals surface area contributed by atoms with Crippen LogP contribution in [-0.4, -0.2) is 60.3 Å². The van der Waals surface area contributed by atoms with Gasteiger partial charge in [-0.25, -0.2) is 18.0 Å². The summed E-state index contributed by atoms with van der Waals surface area (Å²) >= 11 is 0. The largest absolute Gasteiger partial charge is 0.495 e. The van der Waals surface area contributed by atoms with Crippen molar-refractivity contribution < 1.29 is 37.0 Å². The summed E-state index contributed by atoms with van der Waals surface area (Å²) in [5.41, 5.74) is 1.16. The minimum absolute atomic E-state index is 0.0108. The molecule has 0 fully saturated rings. The van der Waals surface area contributed by atoms with Crippen LogP contribution in [0.25, 0.3) is 0 Å². The number of urea groups is 1. The molecule has 0 aliphatic heterocycles. The molecular weight excluding hydrogens is 454 g/mol. The zero-order valence-electron chi connectivity index (χ0n) is 18.3. The molecule has 0 saturated carbocycles. The summed E-state index contributed by atoms with van der Waals surface area (Å²) in [5.74, 6) is -1.81. The lowest BCUT2D eigenvalue weighted by atomic mass is 10.2. The quantitative estimate of drug-likeness (QED) is 0.342. The summed E-state index contributed by atoms with van der Waals surface area (Å²) in [6.45, 7) is 1.57. The van der Waals surface area contributed by atoms with Crippen molar-refractivity contribution in [2.24, 2.45) is 0 Å². The molecule has 33 heavy (non-hydrogen) atoms. The molecule has 11 nitrogen and oxygen atoms in total. The smallest absolute Gasteiger partial charge is 0.338 e. The number of benzene rings is 2. The summed E-state index contributed by atoms with van der Waals surface area (Å²) in [6, 6.07) is 9.58. The summed E-state index contributed by atoms with van der Waals surface area (Å²) in [7, 11) is -1.36. The van der Waals surface area contributed by atoms with Crippen LogP contribution >= 0.6 is 0 Å². The normalized spacial score (nSPS) is 10.8. The first-order chi connectivity index (χ1) is 15.7. The zero-order chi connectivity index (χ0) is 24.4. The molecular formula is C21H25N3O8S. The van der Waals surface area contributed by atoms with E-state index >= 15 is 0 Å². The molecule has 3 amide bonds. The average molecular weight is 480 g/mol. The van der Waals surface area contributed by atoms with Crippen LogP contribution in [0.4, 0.5) is 10.5 Å². The Morgan fingerprint density at radius 2 is 1.70 bits per heavy atom. The van der Waals surface area contributed by atoms with Crippen molar-refractivity contribution in [3.63, 3.8) is 0 Å². The van der Waals surface area contributed by atoms with Gasteiger partial charge in [0.2, 0.25) is 0 Å². The molecule has 0 bridgehead atoms. The third-order valence-electron chi connectivity index (χ3n) is 4.17. The van der Waals surface area contributed by atoms with E-state index in [1.807, 2.05) is 12.2 Å². The SMILES string of the molecule is COCCNC(=O)NC(=O)COC(=O)c1ccc(OC)c(S(=O)(=O)Nc2ccc(C)cc2)c1. The van der Waals surface area contributed by atoms with E-state index in [-0.39, 0.29) is 29.4 Å². The highest BCUT2D eigenvalue weighted by molar-refractivity contribution is 7.92. The molecule has 0 aromatic heterocycles. The minimum atomic E-state index is -4.11. The number of imide groups is 1. The number of aryl methyl sites for hydroxylation is 1. The van der Waals surface area contributed by atoms with Gasteiger partial charge in [0, 0.05) is 19.3 Å². The van der Waals surface area contributed by atoms with E-state index in [1.54, 1.807) is 24.3 Å². The van der Waals surface area contributed by atoms with Crippen molar-refractivity contribution in [3.8, 4) is 5.75 Å². The number of amides is 3. The Labute approximate surface area is 191 Å². The molecule has 178 valence electrons. The van der Waals surface area contributed by atoms with Crippen LogP contribution in [0.3, 0.4) is 0 Å². The van der Waals surface area contributed by atoms with Crippen LogP contribution in [0, 0.1) is 6.92 Å². The first-order valence-corrected chi connectivity index (χ1v) is 11.2. The fourth-order valence-corrected chi connectivity index (χ4v) is 3.79. The number of nitrogens with one attached hydrogen (secondary N) is 3. The van der Waals surface area contributed by atoms with E-state index in [0.717, 1.165) is 11.6 Å². The average Bonchev–Trinajstić information content (AvgIpc) is 2.78. The Morgan fingerprint density at radius 3 is 2.33 bits per heavy atom. The van der Waals surface area contributed by atoms with E-state index in [4.69, 9.17) is 14.2 Å². The van der Waals surface area contributed by atoms with E-state index < -0.39 is 34.5 Å². The lowest BCUT2D eigenvalue weighted by Crippen LogP contribution is -2.42. The highest BCUT2D eigenvalue weighted by Gasteiger charge is 2.23. The number of hydrogen-bond donors (Lipinski definition) is 3. The van der Waals surface area contributed by atoms with Gasteiger partial charge >= 0.3 is 12.0 Å². The first-order valence-electron chi connectivity index (χ1n) is 9.67. The molecule has 0 unspecified atom stereocenters. The van der Waals surface area contributed by atoms with Crippen LogP contribution in [0.2, 0.25) is 0 Å². The maximum atomic E-state index is 12.9. The van der Waals surface area contributed by atoms with E-state index in [0.29, 0.717) is 5.69 Å². The second-order valence-electron chi connectivity index (χ2n) is 6.71. The molecule has 0 aliphatic carbocycles. The van der Waals surface area contributed by atoms with Crippen LogP contribution in [0.15, 0.2) is 47.4 Å². The number of anilines is 1. The van der Waals surface area contributed by atoms with E-state index in [2.05, 4.69) is 10.0 Å². The molecule has 2 rings (SSSR count). The number of rotatable bonds is 10. The topological polar surface area (TPSA) is 149 Å². The monoisotopic (exact) mass is 479 g/mol. The minimum Gasteiger partial charge on any atom is -0.495 e. The molecule has 0 heterocycles. The third-order valence-corrected chi connectivity index (χ3v) is 5.57. The van der Waals surface area contributed by atoms with Crippen molar-refractivity contribution in [3.05, 3.63) is 53.6 Å². The lowest BCUT2D eigenvalue weighted by Gasteiger charge is -2.13.